The Labute approximate surface area is 82.9 Å². The van der Waals surface area contributed by atoms with Crippen LogP contribution in [0.2, 0.25) is 5.02 Å². The van der Waals surface area contributed by atoms with Crippen LogP contribution >= 0.6 is 11.6 Å². The van der Waals surface area contributed by atoms with Gasteiger partial charge in [-0.2, -0.15) is 5.26 Å². The number of hydrogen-bond donors (Lipinski definition) is 1. The number of rotatable bonds is 2. The Balaban J connectivity index is 3.30. The molecule has 0 bridgehead atoms. The van der Waals surface area contributed by atoms with Gasteiger partial charge in [0.25, 0.3) is 6.43 Å². The minimum absolute atomic E-state index is 0.0250. The largest absolute Gasteiger partial charge is 0.355 e. The summed E-state index contributed by atoms with van der Waals surface area (Å²) in [5.74, 6) is 0. The molecule has 0 spiro atoms. The monoisotopic (exact) mass is 218 g/mol. The SMILES string of the molecule is N#CCc1[nH]c(C(F)F)cc(=O)c1Cl. The molecule has 0 saturated heterocycles. The number of aromatic amines is 1. The Morgan fingerprint density at radius 1 is 1.64 bits per heavy atom. The molecule has 0 atom stereocenters. The van der Waals surface area contributed by atoms with Crippen LogP contribution in [0.4, 0.5) is 8.78 Å². The van der Waals surface area contributed by atoms with Crippen LogP contribution in [0, 0.1) is 11.3 Å². The van der Waals surface area contributed by atoms with Gasteiger partial charge in [-0.15, -0.1) is 0 Å². The molecular weight excluding hydrogens is 214 g/mol. The summed E-state index contributed by atoms with van der Waals surface area (Å²) in [6.45, 7) is 0. The van der Waals surface area contributed by atoms with E-state index in [0.29, 0.717) is 0 Å². The van der Waals surface area contributed by atoms with Gasteiger partial charge >= 0.3 is 0 Å². The van der Waals surface area contributed by atoms with Crippen molar-refractivity contribution in [2.45, 2.75) is 12.8 Å². The fraction of sp³-hybridized carbons (Fsp3) is 0.250. The summed E-state index contributed by atoms with van der Waals surface area (Å²) in [7, 11) is 0. The van der Waals surface area contributed by atoms with E-state index in [1.807, 2.05) is 0 Å². The van der Waals surface area contributed by atoms with Crippen LogP contribution in [-0.4, -0.2) is 4.98 Å². The summed E-state index contributed by atoms with van der Waals surface area (Å²) in [5.41, 5.74) is -1.20. The molecule has 0 aliphatic heterocycles. The van der Waals surface area contributed by atoms with Crippen molar-refractivity contribution in [3.63, 3.8) is 0 Å². The molecule has 3 nitrogen and oxygen atoms in total. The molecule has 0 fully saturated rings. The zero-order valence-electron chi connectivity index (χ0n) is 6.85. The van der Waals surface area contributed by atoms with Gasteiger partial charge in [0.15, 0.2) is 0 Å². The van der Waals surface area contributed by atoms with Gasteiger partial charge in [0, 0.05) is 6.07 Å². The number of halogens is 3. The standard InChI is InChI=1S/C8H5ClF2N2O/c9-7-4(1-2-12)13-5(8(10)11)3-6(7)14/h3,8H,1H2,(H,13,14). The maximum Gasteiger partial charge on any atom is 0.278 e. The summed E-state index contributed by atoms with van der Waals surface area (Å²) in [4.78, 5) is 13.3. The highest BCUT2D eigenvalue weighted by Gasteiger charge is 2.13. The Kier molecular flexibility index (Phi) is 3.20. The van der Waals surface area contributed by atoms with Crippen molar-refractivity contribution in [2.24, 2.45) is 0 Å². The number of nitrogens with one attached hydrogen (secondary N) is 1. The van der Waals surface area contributed by atoms with Crippen LogP contribution in [0.25, 0.3) is 0 Å². The first kappa shape index (κ1) is 10.7. The lowest BCUT2D eigenvalue weighted by Gasteiger charge is -2.03. The molecule has 1 rings (SSSR count). The molecular formula is C8H5ClF2N2O. The van der Waals surface area contributed by atoms with Gasteiger partial charge in [0.05, 0.1) is 23.9 Å². The quantitative estimate of drug-likeness (QED) is 0.826. The predicted molar refractivity (Wildman–Crippen MR) is 46.3 cm³/mol. The van der Waals surface area contributed by atoms with E-state index in [-0.39, 0.29) is 17.1 Å². The molecule has 0 aliphatic carbocycles. The predicted octanol–water partition coefficient (Wildman–Crippen LogP) is 2.03. The third kappa shape index (κ3) is 2.09. The van der Waals surface area contributed by atoms with E-state index in [9.17, 15) is 13.6 Å². The van der Waals surface area contributed by atoms with Crippen LogP contribution in [0.3, 0.4) is 0 Å². The van der Waals surface area contributed by atoms with Crippen LogP contribution in [-0.2, 0) is 6.42 Å². The van der Waals surface area contributed by atoms with Crippen molar-refractivity contribution >= 4 is 11.6 Å². The van der Waals surface area contributed by atoms with Gasteiger partial charge in [-0.1, -0.05) is 11.6 Å². The zero-order chi connectivity index (χ0) is 10.7. The number of H-pyrrole nitrogens is 1. The van der Waals surface area contributed by atoms with E-state index in [1.165, 1.54) is 0 Å². The number of pyridine rings is 1. The van der Waals surface area contributed by atoms with Crippen LogP contribution in [0.15, 0.2) is 10.9 Å². The minimum Gasteiger partial charge on any atom is -0.355 e. The third-order valence-corrected chi connectivity index (χ3v) is 1.97. The van der Waals surface area contributed by atoms with E-state index < -0.39 is 17.5 Å². The maximum absolute atomic E-state index is 12.2. The van der Waals surface area contributed by atoms with Gasteiger partial charge in [0.1, 0.15) is 5.02 Å². The molecule has 0 amide bonds. The summed E-state index contributed by atoms with van der Waals surface area (Å²) >= 11 is 5.51. The van der Waals surface area contributed by atoms with Gasteiger partial charge in [-0.3, -0.25) is 4.79 Å². The second-order valence-electron chi connectivity index (χ2n) is 2.52. The van der Waals surface area contributed by atoms with E-state index in [4.69, 9.17) is 16.9 Å². The molecule has 74 valence electrons. The van der Waals surface area contributed by atoms with E-state index in [2.05, 4.69) is 4.98 Å². The zero-order valence-corrected chi connectivity index (χ0v) is 7.61. The fourth-order valence-electron chi connectivity index (χ4n) is 0.937. The highest BCUT2D eigenvalue weighted by atomic mass is 35.5. The summed E-state index contributed by atoms with van der Waals surface area (Å²) < 4.78 is 24.4. The molecule has 1 heterocycles. The fourth-order valence-corrected chi connectivity index (χ4v) is 1.11. The topological polar surface area (TPSA) is 56.6 Å². The highest BCUT2D eigenvalue weighted by molar-refractivity contribution is 6.31. The van der Waals surface area contributed by atoms with E-state index in [1.54, 1.807) is 6.07 Å². The molecule has 0 aliphatic rings. The lowest BCUT2D eigenvalue weighted by molar-refractivity contribution is 0.145. The molecule has 14 heavy (non-hydrogen) atoms. The normalized spacial score (nSPS) is 10.2. The molecule has 1 N–H and O–H groups in total. The average Bonchev–Trinajstić information content (AvgIpc) is 2.12. The van der Waals surface area contributed by atoms with Gasteiger partial charge in [-0.05, 0) is 0 Å². The second kappa shape index (κ2) is 4.20. The molecule has 0 aromatic carbocycles. The highest BCUT2D eigenvalue weighted by Crippen LogP contribution is 2.18. The molecule has 1 aromatic rings. The molecule has 0 unspecified atom stereocenters. The Bertz CT molecular complexity index is 436. The van der Waals surface area contributed by atoms with E-state index in [0.717, 1.165) is 6.07 Å². The van der Waals surface area contributed by atoms with Crippen LogP contribution in [0.1, 0.15) is 17.8 Å². The van der Waals surface area contributed by atoms with Crippen LogP contribution < -0.4 is 5.43 Å². The summed E-state index contributed by atoms with van der Waals surface area (Å²) in [6, 6.07) is 2.45. The Morgan fingerprint density at radius 2 is 2.29 bits per heavy atom. The number of hydrogen-bond acceptors (Lipinski definition) is 2. The van der Waals surface area contributed by atoms with Gasteiger partial charge in [-0.25, -0.2) is 8.78 Å². The lowest BCUT2D eigenvalue weighted by Crippen LogP contribution is -2.09. The molecule has 0 saturated carbocycles. The third-order valence-electron chi connectivity index (χ3n) is 1.55. The van der Waals surface area contributed by atoms with Crippen molar-refractivity contribution in [1.82, 2.24) is 4.98 Å². The van der Waals surface area contributed by atoms with Gasteiger partial charge in [0.2, 0.25) is 5.43 Å². The summed E-state index contributed by atoms with van der Waals surface area (Å²) in [5, 5.41) is 8.13. The van der Waals surface area contributed by atoms with Crippen LogP contribution in [0.5, 0.6) is 0 Å². The smallest absolute Gasteiger partial charge is 0.278 e. The molecule has 6 heteroatoms. The first-order chi connectivity index (χ1) is 6.56. The minimum atomic E-state index is -2.78. The second-order valence-corrected chi connectivity index (χ2v) is 2.90. The van der Waals surface area contributed by atoms with Crippen molar-refractivity contribution < 1.29 is 8.78 Å². The number of aromatic nitrogens is 1. The first-order valence-electron chi connectivity index (χ1n) is 3.63. The first-order valence-corrected chi connectivity index (χ1v) is 4.00. The van der Waals surface area contributed by atoms with Crippen molar-refractivity contribution in [1.29, 1.82) is 5.26 Å². The van der Waals surface area contributed by atoms with E-state index >= 15 is 0 Å². The molecule has 1 aromatic heterocycles. The average molecular weight is 219 g/mol. The van der Waals surface area contributed by atoms with Crippen molar-refractivity contribution in [3.05, 3.63) is 32.7 Å². The van der Waals surface area contributed by atoms with Gasteiger partial charge < -0.3 is 4.98 Å². The lowest BCUT2D eigenvalue weighted by atomic mass is 10.2. The van der Waals surface area contributed by atoms with Crippen molar-refractivity contribution in [2.75, 3.05) is 0 Å². The Hall–Kier alpha value is -1.41. The van der Waals surface area contributed by atoms with Crippen molar-refractivity contribution in [3.8, 4) is 6.07 Å². The maximum atomic E-state index is 12.2. The Morgan fingerprint density at radius 3 is 2.79 bits per heavy atom. The number of alkyl halides is 2. The summed E-state index contributed by atoms with van der Waals surface area (Å²) in [6.07, 6.45) is -2.98. The molecule has 0 radical (unpaired) electrons. The number of nitriles is 1. The number of nitrogens with zero attached hydrogens (tertiary/aromatic N) is 1.